The highest BCUT2D eigenvalue weighted by molar-refractivity contribution is 6.21. The van der Waals surface area contributed by atoms with E-state index in [-0.39, 0.29) is 24.5 Å². The van der Waals surface area contributed by atoms with E-state index in [1.165, 1.54) is 10.5 Å². The largest absolute Gasteiger partial charge is 0.491 e. The molecule has 2 aromatic carbocycles. The molecule has 2 heterocycles. The number of imide groups is 1. The van der Waals surface area contributed by atoms with Crippen molar-refractivity contribution in [2.45, 2.75) is 25.4 Å². The number of carbonyl (C=O) groups is 2. The molecule has 6 nitrogen and oxygen atoms in total. The van der Waals surface area contributed by atoms with E-state index in [0.29, 0.717) is 17.7 Å². The number of ether oxygens (including phenoxy) is 1. The molecular formula is C22H24N2O4. The lowest BCUT2D eigenvalue weighted by Gasteiger charge is -2.35. The van der Waals surface area contributed by atoms with E-state index < -0.39 is 0 Å². The summed E-state index contributed by atoms with van der Waals surface area (Å²) in [6, 6.07) is 14.9. The minimum Gasteiger partial charge on any atom is -0.491 e. The van der Waals surface area contributed by atoms with Crippen LogP contribution < -0.4 is 4.74 Å². The Morgan fingerprint density at radius 1 is 0.929 bits per heavy atom. The van der Waals surface area contributed by atoms with Gasteiger partial charge in [0, 0.05) is 25.7 Å². The lowest BCUT2D eigenvalue weighted by atomic mass is 10.0. The van der Waals surface area contributed by atoms with Crippen molar-refractivity contribution in [3.05, 3.63) is 65.2 Å². The number of piperidine rings is 1. The average Bonchev–Trinajstić information content (AvgIpc) is 2.99. The molecule has 0 aromatic heterocycles. The van der Waals surface area contributed by atoms with Gasteiger partial charge in [0.15, 0.2) is 0 Å². The van der Waals surface area contributed by atoms with Gasteiger partial charge in [-0.3, -0.25) is 19.4 Å². The van der Waals surface area contributed by atoms with Gasteiger partial charge >= 0.3 is 0 Å². The maximum atomic E-state index is 12.6. The van der Waals surface area contributed by atoms with E-state index in [4.69, 9.17) is 9.84 Å². The molecule has 1 fully saturated rings. The first-order valence-corrected chi connectivity index (χ1v) is 9.69. The Hall–Kier alpha value is -2.70. The van der Waals surface area contributed by atoms with Crippen molar-refractivity contribution in [1.82, 2.24) is 9.80 Å². The van der Waals surface area contributed by atoms with Crippen LogP contribution in [0.15, 0.2) is 48.5 Å². The quantitative estimate of drug-likeness (QED) is 0.779. The van der Waals surface area contributed by atoms with E-state index in [1.54, 1.807) is 24.3 Å². The number of aliphatic hydroxyl groups excluding tert-OH is 1. The van der Waals surface area contributed by atoms with Gasteiger partial charge in [0.25, 0.3) is 11.8 Å². The summed E-state index contributed by atoms with van der Waals surface area (Å²) < 4.78 is 5.38. The Labute approximate surface area is 164 Å². The summed E-state index contributed by atoms with van der Waals surface area (Å²) in [6.45, 7) is 2.82. The van der Waals surface area contributed by atoms with Crippen LogP contribution in [0.1, 0.15) is 39.1 Å². The number of carbonyl (C=O) groups excluding carboxylic acids is 2. The standard InChI is InChI=1S/C22H24N2O4/c25-13-14-28-18-7-5-16(6-8-18)15-23-11-9-17(10-12-23)24-21(26)19-3-1-2-4-20(19)22(24)27/h1-8,17,25H,9-15H2. The first-order chi connectivity index (χ1) is 13.7. The minimum absolute atomic E-state index is 0.00377. The fourth-order valence-electron chi connectivity index (χ4n) is 3.99. The Morgan fingerprint density at radius 3 is 2.11 bits per heavy atom. The van der Waals surface area contributed by atoms with Crippen LogP contribution in [0.3, 0.4) is 0 Å². The molecule has 2 aliphatic heterocycles. The highest BCUT2D eigenvalue weighted by atomic mass is 16.5. The number of benzene rings is 2. The maximum absolute atomic E-state index is 12.6. The maximum Gasteiger partial charge on any atom is 0.261 e. The SMILES string of the molecule is O=C1c2ccccc2C(=O)N1C1CCN(Cc2ccc(OCCO)cc2)CC1. The van der Waals surface area contributed by atoms with E-state index >= 15 is 0 Å². The van der Waals surface area contributed by atoms with Crippen LogP contribution in [-0.4, -0.2) is 59.1 Å². The second-order valence-corrected chi connectivity index (χ2v) is 7.25. The summed E-state index contributed by atoms with van der Waals surface area (Å²) in [5, 5.41) is 8.81. The molecule has 0 unspecified atom stereocenters. The highest BCUT2D eigenvalue weighted by Crippen LogP contribution is 2.28. The predicted molar refractivity (Wildman–Crippen MR) is 104 cm³/mol. The van der Waals surface area contributed by atoms with Crippen molar-refractivity contribution in [3.63, 3.8) is 0 Å². The molecule has 146 valence electrons. The summed E-state index contributed by atoms with van der Waals surface area (Å²) >= 11 is 0. The third-order valence-corrected chi connectivity index (χ3v) is 5.44. The number of likely N-dealkylation sites (tertiary alicyclic amines) is 1. The van der Waals surface area contributed by atoms with Crippen LogP contribution >= 0.6 is 0 Å². The molecule has 2 amide bonds. The van der Waals surface area contributed by atoms with Crippen LogP contribution in [0, 0.1) is 0 Å². The van der Waals surface area contributed by atoms with Crippen molar-refractivity contribution in [3.8, 4) is 5.75 Å². The van der Waals surface area contributed by atoms with Crippen molar-refractivity contribution in [1.29, 1.82) is 0 Å². The normalized spacial score (nSPS) is 17.8. The molecule has 0 radical (unpaired) electrons. The zero-order valence-corrected chi connectivity index (χ0v) is 15.7. The number of amides is 2. The molecule has 0 aliphatic carbocycles. The number of hydrogen-bond acceptors (Lipinski definition) is 5. The van der Waals surface area contributed by atoms with E-state index in [1.807, 2.05) is 24.3 Å². The molecule has 1 N–H and O–H groups in total. The van der Waals surface area contributed by atoms with Gasteiger partial charge in [-0.1, -0.05) is 24.3 Å². The van der Waals surface area contributed by atoms with Gasteiger partial charge in [-0.25, -0.2) is 0 Å². The van der Waals surface area contributed by atoms with Crippen molar-refractivity contribution in [2.75, 3.05) is 26.3 Å². The Bertz CT molecular complexity index is 822. The zero-order chi connectivity index (χ0) is 19.5. The van der Waals surface area contributed by atoms with Crippen molar-refractivity contribution in [2.24, 2.45) is 0 Å². The Balaban J connectivity index is 1.33. The monoisotopic (exact) mass is 380 g/mol. The summed E-state index contributed by atoms with van der Waals surface area (Å²) in [5.41, 5.74) is 2.24. The third-order valence-electron chi connectivity index (χ3n) is 5.44. The lowest BCUT2D eigenvalue weighted by Crippen LogP contribution is -2.47. The number of aliphatic hydroxyl groups is 1. The van der Waals surface area contributed by atoms with Crippen LogP contribution in [0.4, 0.5) is 0 Å². The number of hydrogen-bond donors (Lipinski definition) is 1. The number of rotatable bonds is 6. The molecule has 0 bridgehead atoms. The van der Waals surface area contributed by atoms with Crippen LogP contribution in [-0.2, 0) is 6.54 Å². The van der Waals surface area contributed by atoms with Gasteiger partial charge in [0.1, 0.15) is 12.4 Å². The van der Waals surface area contributed by atoms with Crippen molar-refractivity contribution < 1.29 is 19.4 Å². The molecule has 1 saturated heterocycles. The summed E-state index contributed by atoms with van der Waals surface area (Å²) in [5.74, 6) is 0.442. The molecule has 2 aliphatic rings. The molecular weight excluding hydrogens is 356 g/mol. The second-order valence-electron chi connectivity index (χ2n) is 7.25. The highest BCUT2D eigenvalue weighted by Gasteiger charge is 2.40. The van der Waals surface area contributed by atoms with Gasteiger partial charge in [-0.2, -0.15) is 0 Å². The summed E-state index contributed by atoms with van der Waals surface area (Å²) in [6.07, 6.45) is 1.59. The van der Waals surface area contributed by atoms with Gasteiger partial charge in [-0.15, -0.1) is 0 Å². The molecule has 28 heavy (non-hydrogen) atoms. The van der Waals surface area contributed by atoms with Crippen LogP contribution in [0.25, 0.3) is 0 Å². The molecule has 6 heteroatoms. The van der Waals surface area contributed by atoms with Crippen LogP contribution in [0.5, 0.6) is 5.75 Å². The summed E-state index contributed by atoms with van der Waals surface area (Å²) in [7, 11) is 0. The molecule has 0 saturated carbocycles. The molecule has 2 aromatic rings. The number of fused-ring (bicyclic) bond motifs is 1. The average molecular weight is 380 g/mol. The van der Waals surface area contributed by atoms with Gasteiger partial charge in [0.2, 0.25) is 0 Å². The molecule has 0 spiro atoms. The lowest BCUT2D eigenvalue weighted by molar-refractivity contribution is 0.0498. The van der Waals surface area contributed by atoms with Gasteiger partial charge < -0.3 is 9.84 Å². The van der Waals surface area contributed by atoms with Crippen LogP contribution in [0.2, 0.25) is 0 Å². The molecule has 0 atom stereocenters. The smallest absolute Gasteiger partial charge is 0.261 e. The van der Waals surface area contributed by atoms with Gasteiger partial charge in [-0.05, 0) is 42.7 Å². The first kappa shape index (κ1) is 18.7. The number of nitrogens with zero attached hydrogens (tertiary/aromatic N) is 2. The van der Waals surface area contributed by atoms with Crippen molar-refractivity contribution >= 4 is 11.8 Å². The topological polar surface area (TPSA) is 70.1 Å². The fraction of sp³-hybridized carbons (Fsp3) is 0.364. The van der Waals surface area contributed by atoms with E-state index in [0.717, 1.165) is 38.2 Å². The predicted octanol–water partition coefficient (Wildman–Crippen LogP) is 2.32. The van der Waals surface area contributed by atoms with E-state index in [9.17, 15) is 9.59 Å². The second kappa shape index (κ2) is 8.12. The van der Waals surface area contributed by atoms with E-state index in [2.05, 4.69) is 4.90 Å². The first-order valence-electron chi connectivity index (χ1n) is 9.69. The fourth-order valence-corrected chi connectivity index (χ4v) is 3.99. The molecule has 4 rings (SSSR count). The third kappa shape index (κ3) is 3.66. The summed E-state index contributed by atoms with van der Waals surface area (Å²) in [4.78, 5) is 29.1. The Kier molecular flexibility index (Phi) is 5.41. The van der Waals surface area contributed by atoms with Gasteiger partial charge in [0.05, 0.1) is 17.7 Å². The minimum atomic E-state index is -0.155. The Morgan fingerprint density at radius 2 is 1.54 bits per heavy atom. The zero-order valence-electron chi connectivity index (χ0n) is 15.7.